The number of aromatic nitrogens is 3. The monoisotopic (exact) mass is 474 g/mol. The number of benzene rings is 3. The van der Waals surface area contributed by atoms with Gasteiger partial charge in [0.05, 0.1) is 19.0 Å². The van der Waals surface area contributed by atoms with Crippen LogP contribution < -0.4 is 10.1 Å². The Bertz CT molecular complexity index is 1270. The topological polar surface area (TPSA) is 87.5 Å². The fourth-order valence-electron chi connectivity index (χ4n) is 4.10. The number of hydrogen-bond donors (Lipinski definition) is 1. The molecular weight excluding hydrogens is 444 g/mol. The smallest absolute Gasteiger partial charge is 0.325 e. The van der Waals surface area contributed by atoms with Gasteiger partial charge in [-0.3, -0.25) is 4.79 Å². The van der Waals surface area contributed by atoms with Gasteiger partial charge in [0.1, 0.15) is 18.9 Å². The van der Waals surface area contributed by atoms with E-state index in [2.05, 4.69) is 45.8 Å². The number of anilines is 1. The molecule has 1 heterocycles. The third-order valence-corrected chi connectivity index (χ3v) is 5.88. The van der Waals surface area contributed by atoms with Gasteiger partial charge in [0, 0.05) is 30.8 Å². The first kappa shape index (κ1) is 24.2. The van der Waals surface area contributed by atoms with Gasteiger partial charge in [-0.1, -0.05) is 43.3 Å². The van der Waals surface area contributed by atoms with Crippen LogP contribution in [0.2, 0.25) is 0 Å². The zero-order valence-corrected chi connectivity index (χ0v) is 20.2. The summed E-state index contributed by atoms with van der Waals surface area (Å²) >= 11 is 0. The summed E-state index contributed by atoms with van der Waals surface area (Å²) in [4.78, 5) is 13.5. The minimum atomic E-state index is -0.938. The van der Waals surface area contributed by atoms with E-state index in [9.17, 15) is 4.79 Å². The number of nitrogens with one attached hydrogen (secondary N) is 1. The number of fused-ring (bicyclic) bond motifs is 1. The van der Waals surface area contributed by atoms with Gasteiger partial charge in [0.2, 0.25) is 5.72 Å². The number of carbonyl (C=O) groups is 1. The maximum Gasteiger partial charge on any atom is 0.325 e. The SMILES string of the molecule is CCOC(=O)CNc1cc(OCc2ccc3ccccc3c2)cc(C(CC)(OC)n2nccn2)c1. The van der Waals surface area contributed by atoms with Crippen molar-refractivity contribution in [3.05, 3.63) is 84.2 Å². The van der Waals surface area contributed by atoms with E-state index >= 15 is 0 Å². The number of hydrogen-bond acceptors (Lipinski definition) is 7. The summed E-state index contributed by atoms with van der Waals surface area (Å²) in [5.74, 6) is 0.294. The number of carbonyl (C=O) groups excluding carboxylic acids is 1. The quantitative estimate of drug-likeness (QED) is 0.314. The van der Waals surface area contributed by atoms with Gasteiger partial charge >= 0.3 is 5.97 Å². The van der Waals surface area contributed by atoms with Crippen LogP contribution in [0.4, 0.5) is 5.69 Å². The summed E-state index contributed by atoms with van der Waals surface area (Å²) in [6, 6.07) is 20.2. The maximum atomic E-state index is 11.9. The van der Waals surface area contributed by atoms with E-state index in [1.165, 1.54) is 5.39 Å². The predicted octanol–water partition coefficient (Wildman–Crippen LogP) is 4.74. The van der Waals surface area contributed by atoms with Crippen molar-refractivity contribution in [3.63, 3.8) is 0 Å². The van der Waals surface area contributed by atoms with Gasteiger partial charge in [0.25, 0.3) is 0 Å². The molecule has 0 amide bonds. The lowest BCUT2D eigenvalue weighted by atomic mass is 9.99. The van der Waals surface area contributed by atoms with E-state index in [1.54, 1.807) is 31.2 Å². The standard InChI is InChI=1S/C27H30N4O4/c1-4-27(33-3,31-29-12-13-30-31)23-15-24(28-18-26(32)34-5-2)17-25(16-23)35-19-20-10-11-21-8-6-7-9-22(21)14-20/h6-17,28H,4-5,18-19H2,1-3H3. The molecule has 4 aromatic rings. The average Bonchev–Trinajstić information content (AvgIpc) is 3.43. The first-order valence-electron chi connectivity index (χ1n) is 11.7. The molecule has 0 bridgehead atoms. The molecule has 0 saturated carbocycles. The highest BCUT2D eigenvalue weighted by molar-refractivity contribution is 5.83. The summed E-state index contributed by atoms with van der Waals surface area (Å²) in [7, 11) is 1.63. The van der Waals surface area contributed by atoms with E-state index < -0.39 is 5.72 Å². The molecule has 0 saturated heterocycles. The Morgan fingerprint density at radius 1 is 1.00 bits per heavy atom. The molecule has 0 radical (unpaired) electrons. The number of methoxy groups -OCH3 is 1. The van der Waals surface area contributed by atoms with Crippen LogP contribution in [0.5, 0.6) is 5.75 Å². The van der Waals surface area contributed by atoms with E-state index in [0.29, 0.717) is 31.1 Å². The average molecular weight is 475 g/mol. The summed E-state index contributed by atoms with van der Waals surface area (Å²) in [5, 5.41) is 14.1. The van der Waals surface area contributed by atoms with Crippen molar-refractivity contribution in [1.29, 1.82) is 0 Å². The van der Waals surface area contributed by atoms with Crippen molar-refractivity contribution in [2.75, 3.05) is 25.6 Å². The Morgan fingerprint density at radius 3 is 2.49 bits per heavy atom. The Morgan fingerprint density at radius 2 is 1.77 bits per heavy atom. The van der Waals surface area contributed by atoms with Crippen LogP contribution in [0.3, 0.4) is 0 Å². The highest BCUT2D eigenvalue weighted by Crippen LogP contribution is 2.34. The minimum absolute atomic E-state index is 0.0353. The van der Waals surface area contributed by atoms with Crippen molar-refractivity contribution in [3.8, 4) is 5.75 Å². The second-order valence-corrected chi connectivity index (χ2v) is 8.04. The van der Waals surface area contributed by atoms with Crippen LogP contribution in [0.1, 0.15) is 31.4 Å². The molecule has 4 rings (SSSR count). The molecule has 3 aromatic carbocycles. The molecule has 0 aliphatic heterocycles. The van der Waals surface area contributed by atoms with Gasteiger partial charge in [-0.15, -0.1) is 4.80 Å². The number of rotatable bonds is 11. The van der Waals surface area contributed by atoms with Gasteiger partial charge in [-0.2, -0.15) is 10.2 Å². The normalized spacial score (nSPS) is 12.8. The molecule has 8 nitrogen and oxygen atoms in total. The van der Waals surface area contributed by atoms with Crippen LogP contribution in [-0.2, 0) is 26.6 Å². The molecule has 8 heteroatoms. The molecule has 0 aliphatic rings. The highest BCUT2D eigenvalue weighted by Gasteiger charge is 2.35. The molecule has 182 valence electrons. The van der Waals surface area contributed by atoms with Gasteiger partial charge < -0.3 is 19.5 Å². The van der Waals surface area contributed by atoms with Gasteiger partial charge in [0.15, 0.2) is 0 Å². The molecule has 0 aliphatic carbocycles. The van der Waals surface area contributed by atoms with Crippen molar-refractivity contribution >= 4 is 22.4 Å². The lowest BCUT2D eigenvalue weighted by molar-refractivity contribution is -0.140. The molecule has 1 aromatic heterocycles. The minimum Gasteiger partial charge on any atom is -0.489 e. The van der Waals surface area contributed by atoms with Crippen LogP contribution in [0.25, 0.3) is 10.8 Å². The van der Waals surface area contributed by atoms with E-state index in [0.717, 1.165) is 16.5 Å². The number of esters is 1. The molecule has 0 spiro atoms. The van der Waals surface area contributed by atoms with Crippen molar-refractivity contribution in [2.45, 2.75) is 32.6 Å². The zero-order chi connectivity index (χ0) is 24.7. The van der Waals surface area contributed by atoms with Crippen LogP contribution >= 0.6 is 0 Å². The second kappa shape index (κ2) is 11.0. The van der Waals surface area contributed by atoms with Crippen LogP contribution in [-0.4, -0.2) is 41.2 Å². The highest BCUT2D eigenvalue weighted by atomic mass is 16.5. The van der Waals surface area contributed by atoms with Crippen LogP contribution in [0, 0.1) is 0 Å². The molecular formula is C27H30N4O4. The second-order valence-electron chi connectivity index (χ2n) is 8.04. The fraction of sp³-hybridized carbons (Fsp3) is 0.296. The van der Waals surface area contributed by atoms with E-state index in [4.69, 9.17) is 14.2 Å². The maximum absolute atomic E-state index is 11.9. The Labute approximate surface area is 204 Å². The lowest BCUT2D eigenvalue weighted by Gasteiger charge is -2.31. The van der Waals surface area contributed by atoms with Gasteiger partial charge in [-0.05, 0) is 41.5 Å². The van der Waals surface area contributed by atoms with Crippen molar-refractivity contribution < 1.29 is 19.0 Å². The van der Waals surface area contributed by atoms with Gasteiger partial charge in [-0.25, -0.2) is 0 Å². The first-order chi connectivity index (χ1) is 17.1. The summed E-state index contributed by atoms with van der Waals surface area (Å²) in [5.41, 5.74) is 1.61. The Balaban J connectivity index is 1.65. The molecule has 1 atom stereocenters. The third kappa shape index (κ3) is 5.44. The van der Waals surface area contributed by atoms with E-state index in [-0.39, 0.29) is 12.5 Å². The zero-order valence-electron chi connectivity index (χ0n) is 20.2. The molecule has 0 fully saturated rings. The Kier molecular flexibility index (Phi) is 7.62. The summed E-state index contributed by atoms with van der Waals surface area (Å²) < 4.78 is 17.2. The number of ether oxygens (including phenoxy) is 3. The Hall–Kier alpha value is -3.91. The summed E-state index contributed by atoms with van der Waals surface area (Å²) in [6.45, 7) is 4.53. The predicted molar refractivity (Wildman–Crippen MR) is 134 cm³/mol. The summed E-state index contributed by atoms with van der Waals surface area (Å²) in [6.07, 6.45) is 3.80. The van der Waals surface area contributed by atoms with Crippen molar-refractivity contribution in [2.24, 2.45) is 0 Å². The van der Waals surface area contributed by atoms with Crippen LogP contribution in [0.15, 0.2) is 73.1 Å². The number of nitrogens with zero attached hydrogens (tertiary/aromatic N) is 3. The fourth-order valence-corrected chi connectivity index (χ4v) is 4.10. The van der Waals surface area contributed by atoms with E-state index in [1.807, 2.05) is 37.3 Å². The molecule has 1 unspecified atom stereocenters. The third-order valence-electron chi connectivity index (χ3n) is 5.88. The molecule has 35 heavy (non-hydrogen) atoms. The van der Waals surface area contributed by atoms with Crippen molar-refractivity contribution in [1.82, 2.24) is 15.0 Å². The molecule has 1 N–H and O–H groups in total. The largest absolute Gasteiger partial charge is 0.489 e. The first-order valence-corrected chi connectivity index (χ1v) is 11.7. The lowest BCUT2D eigenvalue weighted by Crippen LogP contribution is -2.38.